The largest absolute Gasteiger partial charge is 0.336 e. The van der Waals surface area contributed by atoms with E-state index in [2.05, 4.69) is 17.6 Å². The van der Waals surface area contributed by atoms with Crippen molar-refractivity contribution in [2.75, 3.05) is 23.3 Å². The molecule has 4 rings (SSSR count). The fourth-order valence-corrected chi connectivity index (χ4v) is 4.73. The second-order valence-electron chi connectivity index (χ2n) is 7.58. The Morgan fingerprint density at radius 2 is 2.12 bits per heavy atom. The number of carbonyl (C=O) groups excluding carboxylic acids is 2. The number of halogens is 1. The van der Waals surface area contributed by atoms with Crippen molar-refractivity contribution in [3.63, 3.8) is 0 Å². The smallest absolute Gasteiger partial charge is 0.322 e. The molecule has 0 radical (unpaired) electrons. The molecule has 0 bridgehead atoms. The van der Waals surface area contributed by atoms with E-state index < -0.39 is 5.82 Å². The predicted molar refractivity (Wildman–Crippen MR) is 97.8 cm³/mol. The molecule has 6 nitrogen and oxygen atoms in total. The van der Waals surface area contributed by atoms with Crippen molar-refractivity contribution in [2.45, 2.75) is 51.1 Å². The molecule has 2 aliphatic heterocycles. The van der Waals surface area contributed by atoms with Crippen molar-refractivity contribution >= 4 is 23.4 Å². The maximum absolute atomic E-state index is 14.3. The summed E-state index contributed by atoms with van der Waals surface area (Å²) >= 11 is 0. The summed E-state index contributed by atoms with van der Waals surface area (Å²) in [6.45, 7) is 3.16. The van der Waals surface area contributed by atoms with Gasteiger partial charge in [0.25, 0.3) is 0 Å². The standard InChI is InChI=1S/C19H25FN4O2/c1-12-10-13-4-2-3-5-17(13)24(12)19(26)22-16-11-14(6-7-15(16)20)23-9-8-21-18(23)25/h6-7,11-13,17H,2-5,8-10H2,1H3,(H,21,25)(H,22,26)/t12-,13+,17-/m1/s1. The molecule has 2 N–H and O–H groups in total. The summed E-state index contributed by atoms with van der Waals surface area (Å²) in [7, 11) is 0. The van der Waals surface area contributed by atoms with Crippen LogP contribution in [0.5, 0.6) is 0 Å². The maximum Gasteiger partial charge on any atom is 0.322 e. The van der Waals surface area contributed by atoms with Crippen molar-refractivity contribution in [1.82, 2.24) is 10.2 Å². The van der Waals surface area contributed by atoms with Crippen molar-refractivity contribution in [3.05, 3.63) is 24.0 Å². The van der Waals surface area contributed by atoms with Crippen LogP contribution in [-0.4, -0.2) is 42.1 Å². The molecule has 3 fully saturated rings. The summed E-state index contributed by atoms with van der Waals surface area (Å²) < 4.78 is 14.3. The molecule has 1 aromatic carbocycles. The highest BCUT2D eigenvalue weighted by Crippen LogP contribution is 2.40. The molecule has 0 unspecified atom stereocenters. The first-order valence-electron chi connectivity index (χ1n) is 9.49. The number of carbonyl (C=O) groups is 2. The monoisotopic (exact) mass is 360 g/mol. The van der Waals surface area contributed by atoms with Gasteiger partial charge in [0.05, 0.1) is 5.69 Å². The third-order valence-electron chi connectivity index (χ3n) is 5.94. The first-order chi connectivity index (χ1) is 12.5. The molecule has 3 atom stereocenters. The molecule has 1 aromatic rings. The topological polar surface area (TPSA) is 64.7 Å². The average molecular weight is 360 g/mol. The molecule has 2 saturated heterocycles. The minimum absolute atomic E-state index is 0.124. The van der Waals surface area contributed by atoms with Crippen LogP contribution in [0.25, 0.3) is 0 Å². The SMILES string of the molecule is C[C@@H]1C[C@@H]2CCCC[C@H]2N1C(=O)Nc1cc(N2CCNC2=O)ccc1F. The lowest BCUT2D eigenvalue weighted by Crippen LogP contribution is -2.44. The van der Waals surface area contributed by atoms with Gasteiger partial charge < -0.3 is 15.5 Å². The minimum Gasteiger partial charge on any atom is -0.336 e. The molecular formula is C19H25FN4O2. The van der Waals surface area contributed by atoms with E-state index in [4.69, 9.17) is 0 Å². The van der Waals surface area contributed by atoms with Crippen LogP contribution >= 0.6 is 0 Å². The van der Waals surface area contributed by atoms with Crippen molar-refractivity contribution in [1.29, 1.82) is 0 Å². The van der Waals surface area contributed by atoms with Crippen molar-refractivity contribution in [3.8, 4) is 0 Å². The molecule has 140 valence electrons. The van der Waals surface area contributed by atoms with Crippen LogP contribution in [0.2, 0.25) is 0 Å². The quantitative estimate of drug-likeness (QED) is 0.847. The van der Waals surface area contributed by atoms with Gasteiger partial charge >= 0.3 is 12.1 Å². The van der Waals surface area contributed by atoms with E-state index in [1.54, 1.807) is 11.0 Å². The number of benzene rings is 1. The lowest BCUT2D eigenvalue weighted by atomic mass is 9.85. The van der Waals surface area contributed by atoms with Gasteiger partial charge in [0, 0.05) is 30.9 Å². The molecule has 1 aliphatic carbocycles. The number of rotatable bonds is 2. The lowest BCUT2D eigenvalue weighted by Gasteiger charge is -2.33. The summed E-state index contributed by atoms with van der Waals surface area (Å²) in [6, 6.07) is 4.38. The van der Waals surface area contributed by atoms with E-state index >= 15 is 0 Å². The highest BCUT2D eigenvalue weighted by atomic mass is 19.1. The fraction of sp³-hybridized carbons (Fsp3) is 0.579. The number of nitrogens with one attached hydrogen (secondary N) is 2. The number of likely N-dealkylation sites (tertiary alicyclic amines) is 1. The van der Waals surface area contributed by atoms with E-state index in [9.17, 15) is 14.0 Å². The molecule has 0 spiro atoms. The summed E-state index contributed by atoms with van der Waals surface area (Å²) in [4.78, 5) is 28.2. The molecule has 1 saturated carbocycles. The second-order valence-corrected chi connectivity index (χ2v) is 7.58. The van der Waals surface area contributed by atoms with E-state index in [0.29, 0.717) is 24.7 Å². The van der Waals surface area contributed by atoms with Gasteiger partial charge in [-0.15, -0.1) is 0 Å². The number of nitrogens with zero attached hydrogens (tertiary/aromatic N) is 2. The van der Waals surface area contributed by atoms with Gasteiger partial charge in [-0.25, -0.2) is 14.0 Å². The minimum atomic E-state index is -0.492. The van der Waals surface area contributed by atoms with Crippen LogP contribution < -0.4 is 15.5 Å². The molecule has 2 heterocycles. The van der Waals surface area contributed by atoms with Gasteiger partial charge in [0.2, 0.25) is 0 Å². The molecule has 3 aliphatic rings. The van der Waals surface area contributed by atoms with Crippen LogP contribution in [0.1, 0.15) is 39.0 Å². The first-order valence-corrected chi connectivity index (χ1v) is 9.49. The Bertz CT molecular complexity index is 725. The molecule has 0 aromatic heterocycles. The highest BCUT2D eigenvalue weighted by Gasteiger charge is 2.42. The van der Waals surface area contributed by atoms with E-state index in [-0.39, 0.29) is 29.8 Å². The summed E-state index contributed by atoms with van der Waals surface area (Å²) in [6.07, 6.45) is 5.60. The molecule has 7 heteroatoms. The number of hydrogen-bond donors (Lipinski definition) is 2. The summed E-state index contributed by atoms with van der Waals surface area (Å²) in [5, 5.41) is 5.47. The number of amides is 4. The zero-order valence-corrected chi connectivity index (χ0v) is 15.0. The van der Waals surface area contributed by atoms with Crippen LogP contribution in [0.15, 0.2) is 18.2 Å². The normalized spacial score (nSPS) is 28.1. The van der Waals surface area contributed by atoms with E-state index in [0.717, 1.165) is 19.3 Å². The lowest BCUT2D eigenvalue weighted by molar-refractivity contribution is 0.168. The van der Waals surface area contributed by atoms with Gasteiger partial charge in [-0.05, 0) is 50.3 Å². The number of fused-ring (bicyclic) bond motifs is 1. The molecule has 26 heavy (non-hydrogen) atoms. The number of anilines is 2. The molecular weight excluding hydrogens is 335 g/mol. The van der Waals surface area contributed by atoms with Gasteiger partial charge in [-0.1, -0.05) is 12.8 Å². The second kappa shape index (κ2) is 6.78. The van der Waals surface area contributed by atoms with Gasteiger partial charge in [-0.2, -0.15) is 0 Å². The average Bonchev–Trinajstić information content (AvgIpc) is 3.19. The van der Waals surface area contributed by atoms with E-state index in [1.165, 1.54) is 25.0 Å². The predicted octanol–water partition coefficient (Wildman–Crippen LogP) is 3.54. The Morgan fingerprint density at radius 1 is 1.31 bits per heavy atom. The Hall–Kier alpha value is -2.31. The first kappa shape index (κ1) is 17.1. The Labute approximate surface area is 152 Å². The third-order valence-corrected chi connectivity index (χ3v) is 5.94. The van der Waals surface area contributed by atoms with Crippen LogP contribution in [0, 0.1) is 11.7 Å². The van der Waals surface area contributed by atoms with Crippen molar-refractivity contribution in [2.24, 2.45) is 5.92 Å². The fourth-order valence-electron chi connectivity index (χ4n) is 4.73. The van der Waals surface area contributed by atoms with Gasteiger partial charge in [0.1, 0.15) is 5.82 Å². The third kappa shape index (κ3) is 2.99. The van der Waals surface area contributed by atoms with Crippen LogP contribution in [-0.2, 0) is 0 Å². The number of hydrogen-bond acceptors (Lipinski definition) is 2. The maximum atomic E-state index is 14.3. The Kier molecular flexibility index (Phi) is 4.46. The van der Waals surface area contributed by atoms with Gasteiger partial charge in [0.15, 0.2) is 0 Å². The number of urea groups is 2. The zero-order chi connectivity index (χ0) is 18.3. The highest BCUT2D eigenvalue weighted by molar-refractivity contribution is 5.96. The Balaban J connectivity index is 1.53. The molecule has 4 amide bonds. The Morgan fingerprint density at radius 3 is 2.88 bits per heavy atom. The summed E-state index contributed by atoms with van der Waals surface area (Å²) in [5.41, 5.74) is 0.709. The van der Waals surface area contributed by atoms with E-state index in [1.807, 2.05) is 4.90 Å². The zero-order valence-electron chi connectivity index (χ0n) is 15.0. The van der Waals surface area contributed by atoms with Crippen molar-refractivity contribution < 1.29 is 14.0 Å². The van der Waals surface area contributed by atoms with Crippen LogP contribution in [0.4, 0.5) is 25.4 Å². The van der Waals surface area contributed by atoms with Gasteiger partial charge in [-0.3, -0.25) is 4.90 Å². The summed E-state index contributed by atoms with van der Waals surface area (Å²) in [5.74, 6) is 0.0720. The van der Waals surface area contributed by atoms with Crippen LogP contribution in [0.3, 0.4) is 0 Å².